The van der Waals surface area contributed by atoms with Gasteiger partial charge in [0, 0.05) is 36.5 Å². The van der Waals surface area contributed by atoms with E-state index in [0.717, 1.165) is 55.7 Å². The number of aryl methyl sites for hydroxylation is 1. The van der Waals surface area contributed by atoms with Gasteiger partial charge in [0.1, 0.15) is 5.69 Å². The number of Topliss-reactive ketones (excluding diaryl/α,β-unsaturated/α-hetero) is 1. The molecule has 3 aromatic heterocycles. The van der Waals surface area contributed by atoms with E-state index in [1.165, 1.54) is 5.56 Å². The van der Waals surface area contributed by atoms with Crippen LogP contribution in [0.25, 0.3) is 11.6 Å². The minimum atomic E-state index is -0.243. The number of hydrogen-bond acceptors (Lipinski definition) is 8. The number of rotatable bonds is 4. The first-order chi connectivity index (χ1) is 16.7. The average Bonchev–Trinajstić information content (AvgIpc) is 3.36. The lowest BCUT2D eigenvalue weighted by atomic mass is 9.65. The van der Waals surface area contributed by atoms with Gasteiger partial charge in [-0.25, -0.2) is 0 Å². The van der Waals surface area contributed by atoms with E-state index in [1.807, 2.05) is 42.5 Å². The number of nitrogens with zero attached hydrogens (tertiary/aromatic N) is 6. The molecule has 0 radical (unpaired) electrons. The summed E-state index contributed by atoms with van der Waals surface area (Å²) in [5.41, 5.74) is 3.40. The molecule has 0 saturated carbocycles. The molecule has 34 heavy (non-hydrogen) atoms. The number of hydrogen-bond donors (Lipinski definition) is 0. The van der Waals surface area contributed by atoms with E-state index < -0.39 is 0 Å². The zero-order valence-corrected chi connectivity index (χ0v) is 18.7. The Kier molecular flexibility index (Phi) is 5.13. The van der Waals surface area contributed by atoms with Crippen LogP contribution in [-0.4, -0.2) is 44.3 Å². The van der Waals surface area contributed by atoms with Crippen molar-refractivity contribution < 1.29 is 9.21 Å². The number of carbonyl (C=O) groups excluding carboxylic acids is 1. The number of anilines is 1. The Labute approximate surface area is 197 Å². The molecule has 1 aliphatic carbocycles. The third-order valence-corrected chi connectivity index (χ3v) is 7.08. The van der Waals surface area contributed by atoms with Crippen LogP contribution in [0.3, 0.4) is 0 Å². The lowest BCUT2D eigenvalue weighted by Crippen LogP contribution is -2.46. The van der Waals surface area contributed by atoms with Crippen molar-refractivity contribution in [3.63, 3.8) is 0 Å². The predicted molar refractivity (Wildman–Crippen MR) is 125 cm³/mol. The van der Waals surface area contributed by atoms with Gasteiger partial charge in [0.15, 0.2) is 11.6 Å². The minimum Gasteiger partial charge on any atom is -0.419 e. The molecule has 1 spiro atoms. The highest BCUT2D eigenvalue weighted by atomic mass is 16.4. The van der Waals surface area contributed by atoms with Gasteiger partial charge >= 0.3 is 0 Å². The normalized spacial score (nSPS) is 17.1. The molecule has 1 fully saturated rings. The van der Waals surface area contributed by atoms with Crippen molar-refractivity contribution in [2.75, 3.05) is 18.0 Å². The number of carbonyl (C=O) groups is 1. The summed E-state index contributed by atoms with van der Waals surface area (Å²) < 4.78 is 5.77. The Morgan fingerprint density at radius 1 is 0.912 bits per heavy atom. The fraction of sp³-hybridized carbons (Fsp3) is 0.308. The van der Waals surface area contributed by atoms with Crippen molar-refractivity contribution in [2.45, 2.75) is 32.1 Å². The number of ketones is 1. The molecular weight excluding hydrogens is 428 g/mol. The second kappa shape index (κ2) is 8.44. The van der Waals surface area contributed by atoms with Crippen LogP contribution in [0.4, 0.5) is 5.82 Å². The van der Waals surface area contributed by atoms with Gasteiger partial charge in [0.05, 0.1) is 6.42 Å². The highest BCUT2D eigenvalue weighted by Gasteiger charge is 2.44. The van der Waals surface area contributed by atoms with Crippen molar-refractivity contribution in [1.29, 1.82) is 0 Å². The zero-order chi connectivity index (χ0) is 23.0. The molecule has 1 aliphatic heterocycles. The first-order valence-corrected chi connectivity index (χ1v) is 11.6. The fourth-order valence-corrected chi connectivity index (χ4v) is 5.09. The highest BCUT2D eigenvalue weighted by Crippen LogP contribution is 2.43. The summed E-state index contributed by atoms with van der Waals surface area (Å²) in [6, 6.07) is 15.7. The molecule has 0 atom stereocenters. The van der Waals surface area contributed by atoms with E-state index in [-0.39, 0.29) is 5.41 Å². The van der Waals surface area contributed by atoms with E-state index >= 15 is 0 Å². The van der Waals surface area contributed by atoms with Crippen molar-refractivity contribution >= 4 is 11.6 Å². The smallest absolute Gasteiger partial charge is 0.268 e. The van der Waals surface area contributed by atoms with Gasteiger partial charge in [0.2, 0.25) is 5.89 Å². The van der Waals surface area contributed by atoms with E-state index in [1.54, 1.807) is 12.4 Å². The van der Waals surface area contributed by atoms with Crippen LogP contribution in [0.2, 0.25) is 0 Å². The zero-order valence-electron chi connectivity index (χ0n) is 18.7. The van der Waals surface area contributed by atoms with Gasteiger partial charge < -0.3 is 9.32 Å². The summed E-state index contributed by atoms with van der Waals surface area (Å²) in [5.74, 6) is 1.97. The van der Waals surface area contributed by atoms with Crippen LogP contribution < -0.4 is 4.90 Å². The lowest BCUT2D eigenvalue weighted by Gasteiger charge is -2.43. The number of pyridine rings is 1. The number of aromatic nitrogens is 5. The Hall–Kier alpha value is -3.94. The summed E-state index contributed by atoms with van der Waals surface area (Å²) in [4.78, 5) is 19.6. The maximum absolute atomic E-state index is 13.3. The van der Waals surface area contributed by atoms with Gasteiger partial charge in [-0.05, 0) is 55.0 Å². The Bertz CT molecular complexity index is 1310. The Morgan fingerprint density at radius 2 is 1.79 bits per heavy atom. The third kappa shape index (κ3) is 3.75. The molecule has 0 amide bonds. The van der Waals surface area contributed by atoms with E-state index in [4.69, 9.17) is 4.42 Å². The molecular formula is C26H24N6O2. The van der Waals surface area contributed by atoms with Crippen LogP contribution in [0.5, 0.6) is 0 Å². The van der Waals surface area contributed by atoms with E-state index in [2.05, 4.69) is 36.3 Å². The summed E-state index contributed by atoms with van der Waals surface area (Å²) in [6.07, 6.45) is 7.61. The molecule has 8 heteroatoms. The minimum absolute atomic E-state index is 0.243. The second-order valence-electron chi connectivity index (χ2n) is 9.07. The quantitative estimate of drug-likeness (QED) is 0.459. The van der Waals surface area contributed by atoms with Crippen molar-refractivity contribution in [1.82, 2.24) is 25.4 Å². The van der Waals surface area contributed by atoms with Gasteiger partial charge in [-0.1, -0.05) is 30.3 Å². The molecule has 2 aliphatic rings. The number of fused-ring (bicyclic) bond motifs is 1. The predicted octanol–water partition coefficient (Wildman–Crippen LogP) is 3.93. The van der Waals surface area contributed by atoms with Crippen LogP contribution in [0.15, 0.2) is 65.3 Å². The maximum atomic E-state index is 13.3. The van der Waals surface area contributed by atoms with Gasteiger partial charge in [-0.15, -0.1) is 20.4 Å². The van der Waals surface area contributed by atoms with Crippen LogP contribution in [0.1, 0.15) is 46.6 Å². The molecule has 8 nitrogen and oxygen atoms in total. The summed E-state index contributed by atoms with van der Waals surface area (Å²) >= 11 is 0. The first kappa shape index (κ1) is 20.7. The summed E-state index contributed by atoms with van der Waals surface area (Å²) in [5, 5.41) is 17.0. The van der Waals surface area contributed by atoms with Crippen LogP contribution >= 0.6 is 0 Å². The van der Waals surface area contributed by atoms with Crippen molar-refractivity contribution in [2.24, 2.45) is 5.41 Å². The van der Waals surface area contributed by atoms with Gasteiger partial charge in [-0.3, -0.25) is 9.78 Å². The Balaban J connectivity index is 1.12. The largest absolute Gasteiger partial charge is 0.419 e. The van der Waals surface area contributed by atoms with Crippen LogP contribution in [0, 0.1) is 5.41 Å². The Morgan fingerprint density at radius 3 is 2.59 bits per heavy atom. The summed E-state index contributed by atoms with van der Waals surface area (Å²) in [7, 11) is 0. The monoisotopic (exact) mass is 452 g/mol. The fourth-order valence-electron chi connectivity index (χ4n) is 5.09. The molecule has 4 heterocycles. The molecule has 4 aromatic rings. The molecule has 6 rings (SSSR count). The molecule has 0 unspecified atom stereocenters. The molecule has 0 bridgehead atoms. The SMILES string of the molecule is O=C1c2ccccc2CCC12CCN(c1ccc(-c3nnc(Cc4cccnc4)o3)nn1)CC2. The van der Waals surface area contributed by atoms with Crippen molar-refractivity contribution in [3.05, 3.63) is 83.5 Å². The highest BCUT2D eigenvalue weighted by molar-refractivity contribution is 6.03. The molecule has 1 saturated heterocycles. The third-order valence-electron chi connectivity index (χ3n) is 7.08. The molecule has 170 valence electrons. The average molecular weight is 453 g/mol. The first-order valence-electron chi connectivity index (χ1n) is 11.6. The molecule has 1 aromatic carbocycles. The molecule has 0 N–H and O–H groups in total. The number of benzene rings is 1. The maximum Gasteiger partial charge on any atom is 0.268 e. The number of piperidine rings is 1. The van der Waals surface area contributed by atoms with Crippen LogP contribution in [-0.2, 0) is 12.8 Å². The topological polar surface area (TPSA) is 97.9 Å². The van der Waals surface area contributed by atoms with E-state index in [0.29, 0.717) is 29.7 Å². The van der Waals surface area contributed by atoms with Gasteiger partial charge in [-0.2, -0.15) is 0 Å². The standard InChI is InChI=1S/C26H24N6O2/c33-24-20-6-2-1-5-19(20)9-10-26(24)11-14-32(15-12-26)22-8-7-21(28-29-22)25-31-30-23(34-25)16-18-4-3-13-27-17-18/h1-8,13,17H,9-12,14-16H2. The van der Waals surface area contributed by atoms with E-state index in [9.17, 15) is 4.79 Å². The second-order valence-corrected chi connectivity index (χ2v) is 9.07. The lowest BCUT2D eigenvalue weighted by molar-refractivity contribution is 0.0701. The summed E-state index contributed by atoms with van der Waals surface area (Å²) in [6.45, 7) is 1.58. The van der Waals surface area contributed by atoms with Crippen molar-refractivity contribution in [3.8, 4) is 11.6 Å². The van der Waals surface area contributed by atoms with Gasteiger partial charge in [0.25, 0.3) is 5.89 Å².